The van der Waals surface area contributed by atoms with Crippen molar-refractivity contribution in [1.82, 2.24) is 29.2 Å². The van der Waals surface area contributed by atoms with Gasteiger partial charge in [-0.25, -0.2) is 17.9 Å². The number of carbonyl (C=O) groups is 1. The lowest BCUT2D eigenvalue weighted by Crippen LogP contribution is -2.33. The molecule has 0 unspecified atom stereocenters. The molecule has 2 heterocycles. The number of aromatic nitrogens is 4. The van der Waals surface area contributed by atoms with Crippen molar-refractivity contribution < 1.29 is 13.2 Å². The minimum atomic E-state index is -3.52. The maximum absolute atomic E-state index is 12.5. The molecule has 0 saturated carbocycles. The number of hydrogen-bond donors (Lipinski definition) is 1. The molecule has 2 aromatic heterocycles. The van der Waals surface area contributed by atoms with Gasteiger partial charge in [-0.3, -0.25) is 4.79 Å². The second kappa shape index (κ2) is 9.11. The van der Waals surface area contributed by atoms with Gasteiger partial charge in [-0.2, -0.15) is 14.4 Å². The number of benzene rings is 1. The molecular weight excluding hydrogens is 416 g/mol. The van der Waals surface area contributed by atoms with E-state index in [1.165, 1.54) is 10.6 Å². The van der Waals surface area contributed by atoms with E-state index in [9.17, 15) is 13.2 Å². The number of carbonyl (C=O) groups excluding carboxylic acids is 1. The molecule has 0 bridgehead atoms. The van der Waals surface area contributed by atoms with Crippen LogP contribution in [0.15, 0.2) is 35.5 Å². The lowest BCUT2D eigenvalue weighted by atomic mass is 10.1. The Bertz CT molecular complexity index is 1190. The molecule has 0 aliphatic heterocycles. The number of sulfonamides is 1. The Labute approximate surface area is 182 Å². The molecular formula is C21H28N6O3S. The summed E-state index contributed by atoms with van der Waals surface area (Å²) >= 11 is 0. The summed E-state index contributed by atoms with van der Waals surface area (Å²) in [5.41, 5.74) is 3.58. The van der Waals surface area contributed by atoms with Gasteiger partial charge in [-0.15, -0.1) is 0 Å². The summed E-state index contributed by atoms with van der Waals surface area (Å²) in [6.45, 7) is 7.82. The number of amides is 1. The molecule has 0 saturated heterocycles. The molecule has 0 radical (unpaired) electrons. The van der Waals surface area contributed by atoms with Crippen LogP contribution in [-0.2, 0) is 27.8 Å². The Morgan fingerprint density at radius 1 is 1.19 bits per heavy atom. The maximum Gasteiger partial charge on any atom is 0.252 e. The van der Waals surface area contributed by atoms with Gasteiger partial charge in [0.25, 0.3) is 5.78 Å². The van der Waals surface area contributed by atoms with Crippen LogP contribution in [0.1, 0.15) is 42.8 Å². The molecule has 166 valence electrons. The molecule has 3 aromatic rings. The van der Waals surface area contributed by atoms with E-state index in [0.29, 0.717) is 25.2 Å². The van der Waals surface area contributed by atoms with Gasteiger partial charge in [-0.05, 0) is 57.4 Å². The Balaban J connectivity index is 1.58. The van der Waals surface area contributed by atoms with Crippen LogP contribution in [0.2, 0.25) is 0 Å². The van der Waals surface area contributed by atoms with E-state index >= 15 is 0 Å². The van der Waals surface area contributed by atoms with Crippen molar-refractivity contribution in [2.45, 2.75) is 58.0 Å². The topological polar surface area (TPSA) is 110 Å². The number of nitrogens with zero attached hydrogens (tertiary/aromatic N) is 5. The van der Waals surface area contributed by atoms with Crippen LogP contribution >= 0.6 is 0 Å². The average Bonchev–Trinajstić information content (AvgIpc) is 3.20. The third kappa shape index (κ3) is 4.91. The fourth-order valence-corrected chi connectivity index (χ4v) is 4.64. The number of hydrogen-bond acceptors (Lipinski definition) is 6. The van der Waals surface area contributed by atoms with E-state index in [4.69, 9.17) is 0 Å². The summed E-state index contributed by atoms with van der Waals surface area (Å²) < 4.78 is 28.1. The van der Waals surface area contributed by atoms with Crippen molar-refractivity contribution in [2.75, 3.05) is 7.05 Å². The third-order valence-electron chi connectivity index (χ3n) is 5.41. The van der Waals surface area contributed by atoms with Crippen LogP contribution < -0.4 is 5.32 Å². The van der Waals surface area contributed by atoms with Crippen LogP contribution in [0, 0.1) is 13.8 Å². The molecule has 0 aliphatic rings. The van der Waals surface area contributed by atoms with Gasteiger partial charge >= 0.3 is 0 Å². The first-order valence-corrected chi connectivity index (χ1v) is 11.5. The summed E-state index contributed by atoms with van der Waals surface area (Å²) in [7, 11) is -1.95. The monoisotopic (exact) mass is 444 g/mol. The van der Waals surface area contributed by atoms with E-state index < -0.39 is 10.0 Å². The van der Waals surface area contributed by atoms with Gasteiger partial charge < -0.3 is 5.32 Å². The zero-order valence-electron chi connectivity index (χ0n) is 18.5. The highest BCUT2D eigenvalue weighted by Crippen LogP contribution is 2.18. The van der Waals surface area contributed by atoms with Gasteiger partial charge in [-0.1, -0.05) is 12.1 Å². The maximum atomic E-state index is 12.5. The van der Waals surface area contributed by atoms with E-state index in [-0.39, 0.29) is 16.8 Å². The molecule has 1 amide bonds. The molecule has 0 atom stereocenters. The predicted molar refractivity (Wildman–Crippen MR) is 117 cm³/mol. The van der Waals surface area contributed by atoms with E-state index in [0.717, 1.165) is 22.5 Å². The zero-order chi connectivity index (χ0) is 22.8. The number of nitrogens with one attached hydrogen (secondary N) is 1. The van der Waals surface area contributed by atoms with Crippen LogP contribution in [0.3, 0.4) is 0 Å². The summed E-state index contributed by atoms with van der Waals surface area (Å²) in [6.07, 6.45) is 2.32. The molecule has 1 aromatic carbocycles. The average molecular weight is 445 g/mol. The smallest absolute Gasteiger partial charge is 0.252 e. The standard InChI is InChI=1S/C21H28N6O3S/c1-14(2)26(5)31(29,30)18-8-6-17(7-9-18)12-22-20(28)11-10-19-15(3)25-21-23-13-24-27(21)16(19)4/h6-9,13-14H,10-12H2,1-5H3,(H,22,28). The van der Waals surface area contributed by atoms with Crippen LogP contribution in [0.5, 0.6) is 0 Å². The normalized spacial score (nSPS) is 12.1. The summed E-state index contributed by atoms with van der Waals surface area (Å²) in [4.78, 5) is 21.1. The van der Waals surface area contributed by atoms with Crippen molar-refractivity contribution in [3.63, 3.8) is 0 Å². The lowest BCUT2D eigenvalue weighted by Gasteiger charge is -2.21. The fourth-order valence-electron chi connectivity index (χ4n) is 3.27. The molecule has 9 nitrogen and oxygen atoms in total. The molecule has 10 heteroatoms. The Morgan fingerprint density at radius 2 is 1.87 bits per heavy atom. The minimum absolute atomic E-state index is 0.0891. The van der Waals surface area contributed by atoms with Gasteiger partial charge in [0.2, 0.25) is 15.9 Å². The van der Waals surface area contributed by atoms with Crippen molar-refractivity contribution in [1.29, 1.82) is 0 Å². The van der Waals surface area contributed by atoms with E-state index in [1.807, 2.05) is 27.7 Å². The van der Waals surface area contributed by atoms with E-state index in [2.05, 4.69) is 20.4 Å². The summed E-state index contributed by atoms with van der Waals surface area (Å²) in [6, 6.07) is 6.45. The van der Waals surface area contributed by atoms with Crippen molar-refractivity contribution in [3.8, 4) is 0 Å². The third-order valence-corrected chi connectivity index (χ3v) is 7.46. The summed E-state index contributed by atoms with van der Waals surface area (Å²) in [5.74, 6) is 0.460. The number of fused-ring (bicyclic) bond motifs is 1. The highest BCUT2D eigenvalue weighted by Gasteiger charge is 2.22. The quantitative estimate of drug-likeness (QED) is 0.569. The number of rotatable bonds is 8. The first kappa shape index (κ1) is 22.8. The molecule has 0 aliphatic carbocycles. The highest BCUT2D eigenvalue weighted by molar-refractivity contribution is 7.89. The molecule has 0 spiro atoms. The Morgan fingerprint density at radius 3 is 2.52 bits per heavy atom. The van der Waals surface area contributed by atoms with Gasteiger partial charge in [0, 0.05) is 37.4 Å². The second-order valence-electron chi connectivity index (χ2n) is 7.77. The molecule has 1 N–H and O–H groups in total. The first-order valence-electron chi connectivity index (χ1n) is 10.1. The van der Waals surface area contributed by atoms with Crippen LogP contribution in [0.25, 0.3) is 5.78 Å². The Kier molecular flexibility index (Phi) is 6.71. The second-order valence-corrected chi connectivity index (χ2v) is 9.77. The molecule has 31 heavy (non-hydrogen) atoms. The first-order chi connectivity index (χ1) is 14.6. The number of aryl methyl sites for hydroxylation is 2. The van der Waals surface area contributed by atoms with Crippen molar-refractivity contribution in [2.24, 2.45) is 0 Å². The zero-order valence-corrected chi connectivity index (χ0v) is 19.3. The van der Waals surface area contributed by atoms with Gasteiger partial charge in [0.05, 0.1) is 4.90 Å². The van der Waals surface area contributed by atoms with Crippen LogP contribution in [0.4, 0.5) is 0 Å². The van der Waals surface area contributed by atoms with Crippen molar-refractivity contribution in [3.05, 3.63) is 53.1 Å². The SMILES string of the molecule is Cc1nc2ncnn2c(C)c1CCC(=O)NCc1ccc(S(=O)(=O)N(C)C(C)C)cc1. The van der Waals surface area contributed by atoms with Gasteiger partial charge in [0.15, 0.2) is 0 Å². The molecule has 0 fully saturated rings. The minimum Gasteiger partial charge on any atom is -0.352 e. The fraction of sp³-hybridized carbons (Fsp3) is 0.429. The van der Waals surface area contributed by atoms with Crippen molar-refractivity contribution >= 4 is 21.7 Å². The highest BCUT2D eigenvalue weighted by atomic mass is 32.2. The largest absolute Gasteiger partial charge is 0.352 e. The molecule has 3 rings (SSSR count). The van der Waals surface area contributed by atoms with Gasteiger partial charge in [0.1, 0.15) is 6.33 Å². The lowest BCUT2D eigenvalue weighted by molar-refractivity contribution is -0.121. The van der Waals surface area contributed by atoms with Crippen LogP contribution in [-0.4, -0.2) is 51.3 Å². The predicted octanol–water partition coefficient (Wildman–Crippen LogP) is 2.02. The summed E-state index contributed by atoms with van der Waals surface area (Å²) in [5, 5.41) is 7.05. The van der Waals surface area contributed by atoms with E-state index in [1.54, 1.807) is 35.8 Å². The Hall–Kier alpha value is -2.85.